The van der Waals surface area contributed by atoms with E-state index >= 15 is 0 Å². The van der Waals surface area contributed by atoms with Crippen molar-refractivity contribution in [3.8, 4) is 0 Å². The van der Waals surface area contributed by atoms with Gasteiger partial charge < -0.3 is 14.7 Å². The fraction of sp³-hybridized carbons (Fsp3) is 0.333. The van der Waals surface area contributed by atoms with Crippen LogP contribution in [0.3, 0.4) is 0 Å². The van der Waals surface area contributed by atoms with Gasteiger partial charge in [0, 0.05) is 25.5 Å². The summed E-state index contributed by atoms with van der Waals surface area (Å²) >= 11 is 0. The van der Waals surface area contributed by atoms with Crippen LogP contribution in [0.1, 0.15) is 6.42 Å². The van der Waals surface area contributed by atoms with Gasteiger partial charge in [0.15, 0.2) is 0 Å². The number of aliphatic carboxylic acids is 1. The van der Waals surface area contributed by atoms with Crippen molar-refractivity contribution in [1.82, 2.24) is 4.98 Å². The molecule has 2 atom stereocenters. The van der Waals surface area contributed by atoms with E-state index in [9.17, 15) is 9.90 Å². The van der Waals surface area contributed by atoms with Crippen molar-refractivity contribution in [3.05, 3.63) is 36.4 Å². The monoisotopic (exact) mass is 272 g/mol. The van der Waals surface area contributed by atoms with Crippen LogP contribution in [0.15, 0.2) is 36.4 Å². The maximum atomic E-state index is 11.4. The summed E-state index contributed by atoms with van der Waals surface area (Å²) in [6.45, 7) is 0.554. The van der Waals surface area contributed by atoms with Crippen LogP contribution in [0.2, 0.25) is 0 Å². The predicted octanol–water partition coefficient (Wildman–Crippen LogP) is 1.91. The number of pyridine rings is 1. The molecule has 1 saturated heterocycles. The van der Waals surface area contributed by atoms with Gasteiger partial charge in [0.25, 0.3) is 0 Å². The lowest BCUT2D eigenvalue weighted by molar-refractivity contribution is -0.138. The lowest BCUT2D eigenvalue weighted by Crippen LogP contribution is -2.36. The maximum absolute atomic E-state index is 11.4. The quantitative estimate of drug-likeness (QED) is 0.924. The second-order valence-electron chi connectivity index (χ2n) is 4.96. The van der Waals surface area contributed by atoms with E-state index in [1.54, 1.807) is 7.11 Å². The predicted molar refractivity (Wildman–Crippen MR) is 75.9 cm³/mol. The van der Waals surface area contributed by atoms with E-state index in [1.807, 2.05) is 41.3 Å². The number of methoxy groups -OCH3 is 1. The molecule has 1 aliphatic heterocycles. The molecule has 3 rings (SSSR count). The number of para-hydroxylation sites is 1. The third kappa shape index (κ3) is 2.20. The van der Waals surface area contributed by atoms with Gasteiger partial charge in [0.1, 0.15) is 11.9 Å². The van der Waals surface area contributed by atoms with Crippen molar-refractivity contribution in [3.63, 3.8) is 0 Å². The molecule has 1 aromatic carbocycles. The number of carboxylic acids is 1. The Morgan fingerprint density at radius 3 is 2.90 bits per heavy atom. The number of nitrogens with zero attached hydrogens (tertiary/aromatic N) is 2. The number of carbonyl (C=O) groups is 1. The summed E-state index contributed by atoms with van der Waals surface area (Å²) < 4.78 is 5.30. The fourth-order valence-electron chi connectivity index (χ4n) is 2.67. The van der Waals surface area contributed by atoms with Crippen molar-refractivity contribution in [2.24, 2.45) is 0 Å². The van der Waals surface area contributed by atoms with Gasteiger partial charge >= 0.3 is 5.97 Å². The molecule has 5 nitrogen and oxygen atoms in total. The highest BCUT2D eigenvalue weighted by atomic mass is 16.5. The van der Waals surface area contributed by atoms with Gasteiger partial charge in [-0.2, -0.15) is 0 Å². The lowest BCUT2D eigenvalue weighted by atomic mass is 10.2. The Kier molecular flexibility index (Phi) is 3.28. The number of hydrogen-bond acceptors (Lipinski definition) is 4. The molecule has 1 aliphatic rings. The SMILES string of the molecule is COC1CC(C(=O)O)N(c2ccc3ccccc3n2)C1. The third-order valence-electron chi connectivity index (χ3n) is 3.76. The molecule has 0 amide bonds. The van der Waals surface area contributed by atoms with Crippen molar-refractivity contribution in [1.29, 1.82) is 0 Å². The van der Waals surface area contributed by atoms with Crippen LogP contribution < -0.4 is 4.90 Å². The summed E-state index contributed by atoms with van der Waals surface area (Å²) in [5.41, 5.74) is 0.870. The van der Waals surface area contributed by atoms with Crippen LogP contribution in [-0.4, -0.2) is 41.9 Å². The minimum absolute atomic E-state index is 0.0654. The molecule has 0 saturated carbocycles. The second kappa shape index (κ2) is 5.09. The van der Waals surface area contributed by atoms with E-state index in [2.05, 4.69) is 4.98 Å². The van der Waals surface area contributed by atoms with Gasteiger partial charge in [-0.1, -0.05) is 18.2 Å². The summed E-state index contributed by atoms with van der Waals surface area (Å²) in [6.07, 6.45) is 0.421. The van der Waals surface area contributed by atoms with Crippen molar-refractivity contribution in [2.45, 2.75) is 18.6 Å². The lowest BCUT2D eigenvalue weighted by Gasteiger charge is -2.22. The summed E-state index contributed by atoms with van der Waals surface area (Å²) in [7, 11) is 1.61. The highest BCUT2D eigenvalue weighted by molar-refractivity contribution is 5.82. The first kappa shape index (κ1) is 12.9. The van der Waals surface area contributed by atoms with Gasteiger partial charge in [-0.05, 0) is 18.2 Å². The van der Waals surface area contributed by atoms with Crippen LogP contribution in [0.25, 0.3) is 10.9 Å². The standard InChI is InChI=1S/C15H16N2O3/c1-20-11-8-13(15(18)19)17(9-11)14-7-6-10-4-2-3-5-12(10)16-14/h2-7,11,13H,8-9H2,1H3,(H,18,19). The molecule has 2 heterocycles. The second-order valence-corrected chi connectivity index (χ2v) is 4.96. The average molecular weight is 272 g/mol. The van der Waals surface area contributed by atoms with Crippen LogP contribution >= 0.6 is 0 Å². The largest absolute Gasteiger partial charge is 0.480 e. The highest BCUT2D eigenvalue weighted by Crippen LogP contribution is 2.27. The zero-order valence-electron chi connectivity index (χ0n) is 11.2. The van der Waals surface area contributed by atoms with Crippen molar-refractivity contribution < 1.29 is 14.6 Å². The summed E-state index contributed by atoms with van der Waals surface area (Å²) in [5.74, 6) is -0.143. The molecule has 1 fully saturated rings. The molecule has 104 valence electrons. The van der Waals surface area contributed by atoms with E-state index in [0.29, 0.717) is 18.8 Å². The highest BCUT2D eigenvalue weighted by Gasteiger charge is 2.37. The zero-order chi connectivity index (χ0) is 14.1. The normalized spacial score (nSPS) is 22.4. The molecule has 0 aliphatic carbocycles. The van der Waals surface area contributed by atoms with Gasteiger partial charge in [-0.3, -0.25) is 0 Å². The molecular formula is C15H16N2O3. The van der Waals surface area contributed by atoms with E-state index < -0.39 is 12.0 Å². The van der Waals surface area contributed by atoms with E-state index in [-0.39, 0.29) is 6.10 Å². The van der Waals surface area contributed by atoms with Crippen LogP contribution in [0.5, 0.6) is 0 Å². The van der Waals surface area contributed by atoms with Crippen molar-refractivity contribution in [2.75, 3.05) is 18.6 Å². The number of rotatable bonds is 3. The molecule has 1 N–H and O–H groups in total. The molecule has 5 heteroatoms. The zero-order valence-corrected chi connectivity index (χ0v) is 11.2. The Balaban J connectivity index is 1.98. The van der Waals surface area contributed by atoms with E-state index in [0.717, 1.165) is 10.9 Å². The number of fused-ring (bicyclic) bond motifs is 1. The molecule has 0 radical (unpaired) electrons. The maximum Gasteiger partial charge on any atom is 0.326 e. The van der Waals surface area contributed by atoms with Crippen LogP contribution in [0.4, 0.5) is 5.82 Å². The Hall–Kier alpha value is -2.14. The number of carboxylic acid groups (broad SMARTS) is 1. The Labute approximate surface area is 116 Å². The molecule has 2 unspecified atom stereocenters. The fourth-order valence-corrected chi connectivity index (χ4v) is 2.67. The number of ether oxygens (including phenoxy) is 1. The number of anilines is 1. The minimum Gasteiger partial charge on any atom is -0.480 e. The molecule has 1 aromatic heterocycles. The minimum atomic E-state index is -0.834. The molecule has 2 aromatic rings. The molecule has 20 heavy (non-hydrogen) atoms. The Morgan fingerprint density at radius 2 is 2.15 bits per heavy atom. The Bertz CT molecular complexity index is 644. The first-order chi connectivity index (χ1) is 9.69. The number of benzene rings is 1. The Morgan fingerprint density at radius 1 is 1.35 bits per heavy atom. The van der Waals surface area contributed by atoms with Gasteiger partial charge in [-0.15, -0.1) is 0 Å². The van der Waals surface area contributed by atoms with Gasteiger partial charge in [-0.25, -0.2) is 9.78 Å². The van der Waals surface area contributed by atoms with E-state index in [4.69, 9.17) is 4.74 Å². The third-order valence-corrected chi connectivity index (χ3v) is 3.76. The summed E-state index contributed by atoms with van der Waals surface area (Å²) in [5, 5.41) is 10.4. The molecule has 0 spiro atoms. The van der Waals surface area contributed by atoms with E-state index in [1.165, 1.54) is 0 Å². The summed E-state index contributed by atoms with van der Waals surface area (Å²) in [4.78, 5) is 17.8. The smallest absolute Gasteiger partial charge is 0.326 e. The number of aromatic nitrogens is 1. The number of hydrogen-bond donors (Lipinski definition) is 1. The van der Waals surface area contributed by atoms with Crippen LogP contribution in [0, 0.1) is 0 Å². The van der Waals surface area contributed by atoms with Crippen molar-refractivity contribution >= 4 is 22.7 Å². The van der Waals surface area contributed by atoms with Gasteiger partial charge in [0.05, 0.1) is 11.6 Å². The summed E-state index contributed by atoms with van der Waals surface area (Å²) in [6, 6.07) is 11.1. The first-order valence-electron chi connectivity index (χ1n) is 6.57. The topological polar surface area (TPSA) is 62.7 Å². The van der Waals surface area contributed by atoms with Crippen LogP contribution in [-0.2, 0) is 9.53 Å². The average Bonchev–Trinajstić information content (AvgIpc) is 2.91. The molecular weight excluding hydrogens is 256 g/mol. The first-order valence-corrected chi connectivity index (χ1v) is 6.57. The van der Waals surface area contributed by atoms with Gasteiger partial charge in [0.2, 0.25) is 0 Å². The molecule has 0 bridgehead atoms.